The van der Waals surface area contributed by atoms with Crippen LogP contribution in [0.4, 0.5) is 0 Å². The molecule has 1 N–H and O–H groups in total. The van der Waals surface area contributed by atoms with E-state index in [2.05, 4.69) is 63.2 Å². The van der Waals surface area contributed by atoms with E-state index < -0.39 is 0 Å². The predicted octanol–water partition coefficient (Wildman–Crippen LogP) is 4.82. The van der Waals surface area contributed by atoms with Crippen molar-refractivity contribution in [3.63, 3.8) is 0 Å². The molecule has 4 rings (SSSR count). The molecule has 1 aromatic carbocycles. The van der Waals surface area contributed by atoms with E-state index in [1.54, 1.807) is 0 Å². The summed E-state index contributed by atoms with van der Waals surface area (Å²) in [7, 11) is 4.07. The number of aryl methyl sites for hydroxylation is 1. The summed E-state index contributed by atoms with van der Waals surface area (Å²) in [6.07, 6.45) is 2.61. The number of fused-ring (bicyclic) bond motifs is 1. The van der Waals surface area contributed by atoms with E-state index in [1.807, 2.05) is 33.3 Å². The lowest BCUT2D eigenvalue weighted by molar-refractivity contribution is 0.386. The van der Waals surface area contributed by atoms with E-state index in [0.717, 1.165) is 41.0 Å². The Morgan fingerprint density at radius 2 is 1.90 bits per heavy atom. The van der Waals surface area contributed by atoms with Crippen molar-refractivity contribution in [2.45, 2.75) is 33.1 Å². The Bertz CT molecular complexity index is 1140. The summed E-state index contributed by atoms with van der Waals surface area (Å²) >= 11 is 0. The molecule has 150 valence electrons. The lowest BCUT2D eigenvalue weighted by atomic mass is 9.95. The molecule has 0 unspecified atom stereocenters. The fourth-order valence-corrected chi connectivity index (χ4v) is 3.66. The standard InChI is InChI=1S/C23H27N5O/c1-14(2)21-18-13-17(23-27-26-20(29-23)9-11-28(4)5)6-7-19(18)25-22(21)16-8-10-24-15(3)12-16/h6-8,10,12-14,25H,9,11H2,1-5H3. The number of benzene rings is 1. The van der Waals surface area contributed by atoms with E-state index in [1.165, 1.54) is 10.9 Å². The highest BCUT2D eigenvalue weighted by atomic mass is 16.4. The quantitative estimate of drug-likeness (QED) is 0.512. The van der Waals surface area contributed by atoms with E-state index in [-0.39, 0.29) is 0 Å². The van der Waals surface area contributed by atoms with Gasteiger partial charge < -0.3 is 14.3 Å². The monoisotopic (exact) mass is 389 g/mol. The Balaban J connectivity index is 1.77. The molecule has 6 heteroatoms. The number of aromatic amines is 1. The molecule has 4 aromatic rings. The first-order valence-electron chi connectivity index (χ1n) is 9.98. The molecule has 3 heterocycles. The molecular weight excluding hydrogens is 362 g/mol. The van der Waals surface area contributed by atoms with Gasteiger partial charge in [-0.1, -0.05) is 13.8 Å². The Morgan fingerprint density at radius 3 is 2.62 bits per heavy atom. The number of hydrogen-bond donors (Lipinski definition) is 1. The third kappa shape index (κ3) is 3.93. The van der Waals surface area contributed by atoms with Gasteiger partial charge in [-0.2, -0.15) is 0 Å². The van der Waals surface area contributed by atoms with Crippen LogP contribution in [0, 0.1) is 6.92 Å². The summed E-state index contributed by atoms with van der Waals surface area (Å²) in [5, 5.41) is 9.66. The number of rotatable bonds is 6. The fraction of sp³-hybridized carbons (Fsp3) is 0.348. The molecule has 0 bridgehead atoms. The molecule has 0 saturated heterocycles. The summed E-state index contributed by atoms with van der Waals surface area (Å²) in [6, 6.07) is 10.5. The Kier molecular flexibility index (Phi) is 5.20. The summed E-state index contributed by atoms with van der Waals surface area (Å²) in [5.41, 5.74) is 6.65. The van der Waals surface area contributed by atoms with Gasteiger partial charge in [0.1, 0.15) is 0 Å². The van der Waals surface area contributed by atoms with Crippen molar-refractivity contribution in [3.8, 4) is 22.7 Å². The van der Waals surface area contributed by atoms with Gasteiger partial charge >= 0.3 is 0 Å². The number of pyridine rings is 1. The summed E-state index contributed by atoms with van der Waals surface area (Å²) in [6.45, 7) is 7.34. The zero-order chi connectivity index (χ0) is 20.5. The molecule has 0 aliphatic rings. The summed E-state index contributed by atoms with van der Waals surface area (Å²) in [4.78, 5) is 10.0. The molecule has 0 atom stereocenters. The molecule has 0 aliphatic heterocycles. The van der Waals surface area contributed by atoms with Crippen LogP contribution in [0.15, 0.2) is 40.9 Å². The second-order valence-electron chi connectivity index (χ2n) is 8.07. The van der Waals surface area contributed by atoms with Gasteiger partial charge in [-0.3, -0.25) is 4.98 Å². The van der Waals surface area contributed by atoms with E-state index in [9.17, 15) is 0 Å². The molecular formula is C23H27N5O. The lowest BCUT2D eigenvalue weighted by Gasteiger charge is -2.09. The predicted molar refractivity (Wildman–Crippen MR) is 116 cm³/mol. The molecule has 0 spiro atoms. The highest BCUT2D eigenvalue weighted by molar-refractivity contribution is 5.93. The van der Waals surface area contributed by atoms with E-state index in [0.29, 0.717) is 17.7 Å². The molecule has 0 saturated carbocycles. The van der Waals surface area contributed by atoms with Gasteiger partial charge in [-0.15, -0.1) is 10.2 Å². The lowest BCUT2D eigenvalue weighted by Crippen LogP contribution is -2.15. The Hall–Kier alpha value is -2.99. The van der Waals surface area contributed by atoms with Crippen molar-refractivity contribution < 1.29 is 4.42 Å². The molecule has 3 aromatic heterocycles. The molecule has 0 radical (unpaired) electrons. The van der Waals surface area contributed by atoms with Gasteiger partial charge in [-0.25, -0.2) is 0 Å². The first kappa shape index (κ1) is 19.3. The van der Waals surface area contributed by atoms with Crippen molar-refractivity contribution in [2.24, 2.45) is 0 Å². The maximum atomic E-state index is 5.91. The second-order valence-corrected chi connectivity index (χ2v) is 8.07. The van der Waals surface area contributed by atoms with Crippen LogP contribution in [0.25, 0.3) is 33.6 Å². The van der Waals surface area contributed by atoms with Gasteiger partial charge in [0, 0.05) is 46.9 Å². The summed E-state index contributed by atoms with van der Waals surface area (Å²) < 4.78 is 5.91. The van der Waals surface area contributed by atoms with Crippen molar-refractivity contribution >= 4 is 10.9 Å². The van der Waals surface area contributed by atoms with Crippen molar-refractivity contribution in [3.05, 3.63) is 53.7 Å². The molecule has 0 amide bonds. The first-order chi connectivity index (χ1) is 13.9. The van der Waals surface area contributed by atoms with Crippen molar-refractivity contribution in [1.82, 2.24) is 25.1 Å². The molecule has 29 heavy (non-hydrogen) atoms. The van der Waals surface area contributed by atoms with Crippen molar-refractivity contribution in [1.29, 1.82) is 0 Å². The average molecular weight is 390 g/mol. The largest absolute Gasteiger partial charge is 0.421 e. The number of H-pyrrole nitrogens is 1. The zero-order valence-corrected chi connectivity index (χ0v) is 17.7. The fourth-order valence-electron chi connectivity index (χ4n) is 3.66. The van der Waals surface area contributed by atoms with Crippen LogP contribution in [-0.4, -0.2) is 45.7 Å². The van der Waals surface area contributed by atoms with Gasteiger partial charge in [0.05, 0.1) is 5.69 Å². The third-order valence-corrected chi connectivity index (χ3v) is 5.09. The van der Waals surface area contributed by atoms with Crippen LogP contribution in [0.5, 0.6) is 0 Å². The topological polar surface area (TPSA) is 70.8 Å². The average Bonchev–Trinajstić information content (AvgIpc) is 3.30. The minimum absolute atomic E-state index is 0.362. The van der Waals surface area contributed by atoms with Gasteiger partial charge in [0.2, 0.25) is 11.8 Å². The molecule has 0 aliphatic carbocycles. The van der Waals surface area contributed by atoms with Gasteiger partial charge in [0.25, 0.3) is 0 Å². The number of likely N-dealkylation sites (N-methyl/N-ethyl adjacent to an activating group) is 1. The Labute approximate surface area is 171 Å². The minimum atomic E-state index is 0.362. The van der Waals surface area contributed by atoms with Gasteiger partial charge in [0.15, 0.2) is 0 Å². The van der Waals surface area contributed by atoms with E-state index >= 15 is 0 Å². The second kappa shape index (κ2) is 7.79. The normalized spacial score (nSPS) is 11.8. The van der Waals surface area contributed by atoms with Crippen LogP contribution in [0.1, 0.15) is 36.9 Å². The van der Waals surface area contributed by atoms with Crippen LogP contribution in [-0.2, 0) is 6.42 Å². The van der Waals surface area contributed by atoms with E-state index in [4.69, 9.17) is 4.42 Å². The number of nitrogens with one attached hydrogen (secondary N) is 1. The van der Waals surface area contributed by atoms with Gasteiger partial charge in [-0.05, 0) is 62.8 Å². The third-order valence-electron chi connectivity index (χ3n) is 5.09. The van der Waals surface area contributed by atoms with Crippen molar-refractivity contribution in [2.75, 3.05) is 20.6 Å². The maximum Gasteiger partial charge on any atom is 0.247 e. The van der Waals surface area contributed by atoms with Crippen LogP contribution in [0.3, 0.4) is 0 Å². The molecule has 0 fully saturated rings. The SMILES string of the molecule is Cc1cc(-c2[nH]c3ccc(-c4nnc(CCN(C)C)o4)cc3c2C(C)C)ccn1. The Morgan fingerprint density at radius 1 is 1.07 bits per heavy atom. The highest BCUT2D eigenvalue weighted by Crippen LogP contribution is 2.37. The smallest absolute Gasteiger partial charge is 0.247 e. The number of nitrogens with zero attached hydrogens (tertiary/aromatic N) is 4. The van der Waals surface area contributed by atoms with Crippen LogP contribution in [0.2, 0.25) is 0 Å². The maximum absolute atomic E-state index is 5.91. The minimum Gasteiger partial charge on any atom is -0.421 e. The zero-order valence-electron chi connectivity index (χ0n) is 17.7. The number of hydrogen-bond acceptors (Lipinski definition) is 5. The molecule has 6 nitrogen and oxygen atoms in total. The summed E-state index contributed by atoms with van der Waals surface area (Å²) in [5.74, 6) is 1.60. The highest BCUT2D eigenvalue weighted by Gasteiger charge is 2.18. The first-order valence-corrected chi connectivity index (χ1v) is 9.98. The van der Waals surface area contributed by atoms with Crippen LogP contribution >= 0.6 is 0 Å². The number of aromatic nitrogens is 4. The van der Waals surface area contributed by atoms with Crippen LogP contribution < -0.4 is 0 Å².